The van der Waals surface area contributed by atoms with Crippen LogP contribution in [-0.2, 0) is 11.0 Å². The summed E-state index contributed by atoms with van der Waals surface area (Å²) in [6.07, 6.45) is -4.41. The number of anilines is 2. The molecule has 0 radical (unpaired) electrons. The summed E-state index contributed by atoms with van der Waals surface area (Å²) >= 11 is 0. The van der Waals surface area contributed by atoms with E-state index in [1.54, 1.807) is 25.1 Å². The Hall–Kier alpha value is -2.90. The molecule has 0 spiro atoms. The fourth-order valence-corrected chi connectivity index (χ4v) is 2.68. The van der Waals surface area contributed by atoms with Gasteiger partial charge in [-0.15, -0.1) is 0 Å². The lowest BCUT2D eigenvalue weighted by Crippen LogP contribution is -2.16. The molecule has 0 fully saturated rings. The maximum absolute atomic E-state index is 12.8. The van der Waals surface area contributed by atoms with Crippen LogP contribution in [0.2, 0.25) is 0 Å². The normalized spacial score (nSPS) is 14.2. The van der Waals surface area contributed by atoms with Gasteiger partial charge in [-0.2, -0.15) is 13.2 Å². The largest absolute Gasteiger partial charge is 0.454 e. The molecule has 1 aliphatic rings. The molecular weight excluding hydrogens is 349 g/mol. The lowest BCUT2D eigenvalue weighted by atomic mass is 9.95. The number of amides is 1. The lowest BCUT2D eigenvalue weighted by Gasteiger charge is -2.15. The number of carbonyl (C=O) groups is 1. The molecule has 138 valence electrons. The topological polar surface area (TPSA) is 73.6 Å². The molecule has 3 rings (SSSR count). The Balaban J connectivity index is 1.69. The number of nitrogens with two attached hydrogens (primary N) is 1. The van der Waals surface area contributed by atoms with Gasteiger partial charge in [-0.05, 0) is 17.5 Å². The van der Waals surface area contributed by atoms with Crippen LogP contribution in [0.4, 0.5) is 24.5 Å². The summed E-state index contributed by atoms with van der Waals surface area (Å²) in [6.45, 7) is 1.77. The SMILES string of the molecule is CC(CC(=O)Nc1cc2c(cc1N)OCO2)c1cccc(C(F)(F)F)c1. The van der Waals surface area contributed by atoms with E-state index in [0.29, 0.717) is 28.4 Å². The predicted molar refractivity (Wildman–Crippen MR) is 90.1 cm³/mol. The summed E-state index contributed by atoms with van der Waals surface area (Å²) in [7, 11) is 0. The molecular formula is C18H17F3N2O3. The van der Waals surface area contributed by atoms with Crippen molar-refractivity contribution >= 4 is 17.3 Å². The van der Waals surface area contributed by atoms with E-state index >= 15 is 0 Å². The van der Waals surface area contributed by atoms with Gasteiger partial charge in [0.1, 0.15) is 0 Å². The van der Waals surface area contributed by atoms with Crippen molar-refractivity contribution in [3.8, 4) is 11.5 Å². The Kier molecular flexibility index (Phi) is 4.67. The summed E-state index contributed by atoms with van der Waals surface area (Å²) in [5.74, 6) is 0.214. The van der Waals surface area contributed by atoms with Gasteiger partial charge in [-0.1, -0.05) is 25.1 Å². The van der Waals surface area contributed by atoms with Crippen molar-refractivity contribution in [1.82, 2.24) is 0 Å². The second-order valence-electron chi connectivity index (χ2n) is 6.07. The molecule has 1 amide bonds. The van der Waals surface area contributed by atoms with E-state index in [4.69, 9.17) is 15.2 Å². The third-order valence-corrected chi connectivity index (χ3v) is 4.09. The molecule has 3 N–H and O–H groups in total. The smallest absolute Gasteiger partial charge is 0.416 e. The number of carbonyl (C=O) groups excluding carboxylic acids is 1. The Morgan fingerprint density at radius 3 is 2.62 bits per heavy atom. The zero-order valence-corrected chi connectivity index (χ0v) is 13.9. The molecule has 5 nitrogen and oxygen atoms in total. The van der Waals surface area contributed by atoms with Gasteiger partial charge >= 0.3 is 6.18 Å². The summed E-state index contributed by atoms with van der Waals surface area (Å²) in [5.41, 5.74) is 6.27. The number of alkyl halides is 3. The van der Waals surface area contributed by atoms with Gasteiger partial charge in [-0.25, -0.2) is 0 Å². The van der Waals surface area contributed by atoms with E-state index < -0.39 is 17.7 Å². The van der Waals surface area contributed by atoms with Crippen molar-refractivity contribution in [2.75, 3.05) is 17.8 Å². The highest BCUT2D eigenvalue weighted by Crippen LogP contribution is 2.38. The minimum atomic E-state index is -4.42. The first-order chi connectivity index (χ1) is 12.2. The van der Waals surface area contributed by atoms with Gasteiger partial charge in [0.25, 0.3) is 0 Å². The number of hydrogen-bond acceptors (Lipinski definition) is 4. The van der Waals surface area contributed by atoms with Gasteiger partial charge in [0.15, 0.2) is 11.5 Å². The molecule has 0 aromatic heterocycles. The quantitative estimate of drug-likeness (QED) is 0.798. The van der Waals surface area contributed by atoms with Crippen molar-refractivity contribution < 1.29 is 27.4 Å². The van der Waals surface area contributed by atoms with Crippen LogP contribution in [-0.4, -0.2) is 12.7 Å². The maximum atomic E-state index is 12.8. The Morgan fingerprint density at radius 2 is 1.92 bits per heavy atom. The van der Waals surface area contributed by atoms with Gasteiger partial charge in [0.05, 0.1) is 16.9 Å². The standard InChI is InChI=1S/C18H17F3N2O3/c1-10(11-3-2-4-12(6-11)18(19,20)21)5-17(24)23-14-8-16-15(7-13(14)22)25-9-26-16/h2-4,6-8,10H,5,9,22H2,1H3,(H,23,24). The molecule has 1 aliphatic heterocycles. The van der Waals surface area contributed by atoms with Crippen molar-refractivity contribution in [3.63, 3.8) is 0 Å². The molecule has 0 bridgehead atoms. The highest BCUT2D eigenvalue weighted by molar-refractivity contribution is 5.95. The van der Waals surface area contributed by atoms with Gasteiger partial charge in [0, 0.05) is 18.6 Å². The minimum absolute atomic E-state index is 0.00912. The van der Waals surface area contributed by atoms with Crippen LogP contribution in [0.5, 0.6) is 11.5 Å². The van der Waals surface area contributed by atoms with Crippen LogP contribution >= 0.6 is 0 Å². The number of ether oxygens (including phenoxy) is 2. The molecule has 1 atom stereocenters. The average Bonchev–Trinajstić information content (AvgIpc) is 3.01. The monoisotopic (exact) mass is 366 g/mol. The van der Waals surface area contributed by atoms with E-state index in [0.717, 1.165) is 12.1 Å². The van der Waals surface area contributed by atoms with Crippen LogP contribution < -0.4 is 20.5 Å². The van der Waals surface area contributed by atoms with Gasteiger partial charge in [0.2, 0.25) is 12.7 Å². The third-order valence-electron chi connectivity index (χ3n) is 4.09. The van der Waals surface area contributed by atoms with Crippen LogP contribution in [0.15, 0.2) is 36.4 Å². The Labute approximate surface area is 147 Å². The number of hydrogen-bond donors (Lipinski definition) is 2. The highest BCUT2D eigenvalue weighted by Gasteiger charge is 2.30. The van der Waals surface area contributed by atoms with Crippen LogP contribution in [0.25, 0.3) is 0 Å². The van der Waals surface area contributed by atoms with Crippen molar-refractivity contribution in [1.29, 1.82) is 0 Å². The number of fused-ring (bicyclic) bond motifs is 1. The van der Waals surface area contributed by atoms with E-state index in [1.165, 1.54) is 6.07 Å². The second kappa shape index (κ2) is 6.78. The molecule has 2 aromatic rings. The zero-order valence-electron chi connectivity index (χ0n) is 13.9. The Morgan fingerprint density at radius 1 is 1.23 bits per heavy atom. The third kappa shape index (κ3) is 3.84. The lowest BCUT2D eigenvalue weighted by molar-refractivity contribution is -0.137. The number of nitrogen functional groups attached to an aromatic ring is 1. The summed E-state index contributed by atoms with van der Waals surface area (Å²) in [6, 6.07) is 8.08. The number of halogens is 3. The molecule has 0 saturated heterocycles. The molecule has 1 unspecified atom stereocenters. The average molecular weight is 366 g/mol. The first kappa shape index (κ1) is 17.9. The van der Waals surface area contributed by atoms with E-state index in [1.807, 2.05) is 0 Å². The zero-order chi connectivity index (χ0) is 18.9. The predicted octanol–water partition coefficient (Wildman–Crippen LogP) is 4.15. The Bertz CT molecular complexity index is 837. The summed E-state index contributed by atoms with van der Waals surface area (Å²) < 4.78 is 48.9. The molecule has 0 aliphatic carbocycles. The highest BCUT2D eigenvalue weighted by atomic mass is 19.4. The summed E-state index contributed by atoms with van der Waals surface area (Å²) in [4.78, 5) is 12.3. The molecule has 2 aromatic carbocycles. The minimum Gasteiger partial charge on any atom is -0.454 e. The van der Waals surface area contributed by atoms with Crippen LogP contribution in [0.3, 0.4) is 0 Å². The fraction of sp³-hybridized carbons (Fsp3) is 0.278. The van der Waals surface area contributed by atoms with Crippen LogP contribution in [0, 0.1) is 0 Å². The van der Waals surface area contributed by atoms with E-state index in [9.17, 15) is 18.0 Å². The van der Waals surface area contributed by atoms with Crippen molar-refractivity contribution in [3.05, 3.63) is 47.5 Å². The van der Waals surface area contributed by atoms with Gasteiger partial charge < -0.3 is 20.5 Å². The van der Waals surface area contributed by atoms with Crippen molar-refractivity contribution in [2.24, 2.45) is 0 Å². The number of benzene rings is 2. The molecule has 0 saturated carbocycles. The first-order valence-corrected chi connectivity index (χ1v) is 7.90. The molecule has 8 heteroatoms. The second-order valence-corrected chi connectivity index (χ2v) is 6.07. The van der Waals surface area contributed by atoms with E-state index in [2.05, 4.69) is 5.32 Å². The van der Waals surface area contributed by atoms with Crippen molar-refractivity contribution in [2.45, 2.75) is 25.4 Å². The van der Waals surface area contributed by atoms with Gasteiger partial charge in [-0.3, -0.25) is 4.79 Å². The number of rotatable bonds is 4. The van der Waals surface area contributed by atoms with E-state index in [-0.39, 0.29) is 19.1 Å². The fourth-order valence-electron chi connectivity index (χ4n) is 2.68. The first-order valence-electron chi connectivity index (χ1n) is 7.90. The molecule has 26 heavy (non-hydrogen) atoms. The maximum Gasteiger partial charge on any atom is 0.416 e. The molecule has 1 heterocycles. The summed E-state index contributed by atoms with van der Waals surface area (Å²) in [5, 5.41) is 2.66. The number of nitrogens with one attached hydrogen (secondary N) is 1. The van der Waals surface area contributed by atoms with Crippen LogP contribution in [0.1, 0.15) is 30.4 Å².